The summed E-state index contributed by atoms with van der Waals surface area (Å²) in [5, 5.41) is 10.2. The maximum Gasteiger partial charge on any atom is 0.303 e. The quantitative estimate of drug-likeness (QED) is 0.197. The van der Waals surface area contributed by atoms with Gasteiger partial charge in [0.05, 0.1) is 12.6 Å². The molecule has 9 heteroatoms. The van der Waals surface area contributed by atoms with E-state index < -0.39 is 23.8 Å². The van der Waals surface area contributed by atoms with Gasteiger partial charge in [-0.05, 0) is 104 Å². The molecule has 1 fully saturated rings. The van der Waals surface area contributed by atoms with Crippen LogP contribution in [0.25, 0.3) is 10.9 Å². The Balaban J connectivity index is 1.31. The van der Waals surface area contributed by atoms with Gasteiger partial charge in [0.1, 0.15) is 23.6 Å². The Hall–Kier alpha value is -2.78. The van der Waals surface area contributed by atoms with Crippen LogP contribution in [0.1, 0.15) is 43.8 Å². The third-order valence-corrected chi connectivity index (χ3v) is 8.41. The Morgan fingerprint density at radius 1 is 1.21 bits per heavy atom. The first-order valence-corrected chi connectivity index (χ1v) is 13.9. The van der Waals surface area contributed by atoms with Crippen LogP contribution in [-0.4, -0.2) is 53.5 Å². The summed E-state index contributed by atoms with van der Waals surface area (Å²) in [7, 11) is 1.57. The number of aliphatic carboxylic acids is 1. The predicted octanol–water partition coefficient (Wildman–Crippen LogP) is 6.91. The van der Waals surface area contributed by atoms with E-state index in [0.717, 1.165) is 43.5 Å². The van der Waals surface area contributed by atoms with E-state index in [1.54, 1.807) is 31.5 Å². The predicted molar refractivity (Wildman–Crippen MR) is 143 cm³/mol. The molecule has 1 saturated heterocycles. The van der Waals surface area contributed by atoms with Gasteiger partial charge in [0.15, 0.2) is 0 Å². The smallest absolute Gasteiger partial charge is 0.303 e. The Morgan fingerprint density at radius 2 is 2.05 bits per heavy atom. The Morgan fingerprint density at radius 3 is 2.84 bits per heavy atom. The first kappa shape index (κ1) is 28.2. The van der Waals surface area contributed by atoms with Gasteiger partial charge in [-0.3, -0.25) is 9.78 Å². The van der Waals surface area contributed by atoms with Crippen molar-refractivity contribution >= 4 is 28.6 Å². The first-order valence-electron chi connectivity index (χ1n) is 12.9. The van der Waals surface area contributed by atoms with Crippen molar-refractivity contribution in [2.45, 2.75) is 43.2 Å². The van der Waals surface area contributed by atoms with Gasteiger partial charge in [0, 0.05) is 29.4 Å². The average molecular weight is 547 g/mol. The number of ether oxygens (including phenoxy) is 1. The number of methoxy groups -OCH3 is 1. The van der Waals surface area contributed by atoms with Gasteiger partial charge in [0.25, 0.3) is 0 Å². The molecule has 1 aromatic heterocycles. The number of carboxylic acids is 1. The molecule has 3 aromatic rings. The van der Waals surface area contributed by atoms with Gasteiger partial charge in [0.2, 0.25) is 0 Å². The second kappa shape index (κ2) is 13.3. The van der Waals surface area contributed by atoms with E-state index in [1.807, 2.05) is 6.07 Å². The summed E-state index contributed by atoms with van der Waals surface area (Å²) >= 11 is 1.28. The highest BCUT2D eigenvalue weighted by Crippen LogP contribution is 2.36. The van der Waals surface area contributed by atoms with E-state index in [0.29, 0.717) is 46.9 Å². The zero-order valence-electron chi connectivity index (χ0n) is 21.4. The summed E-state index contributed by atoms with van der Waals surface area (Å²) in [5.41, 5.74) is 1.29. The third-order valence-electron chi connectivity index (χ3n) is 7.29. The molecule has 0 radical (unpaired) electrons. The number of aromatic nitrogens is 1. The van der Waals surface area contributed by atoms with Crippen LogP contribution in [0.15, 0.2) is 53.6 Å². The molecular weight excluding hydrogens is 513 g/mol. The van der Waals surface area contributed by atoms with Crippen LogP contribution in [0.3, 0.4) is 0 Å². The molecule has 1 aliphatic rings. The zero-order valence-corrected chi connectivity index (χ0v) is 22.2. The molecule has 1 N–H and O–H groups in total. The Bertz CT molecular complexity index is 1240. The molecule has 2 heterocycles. The number of hydrogen-bond donors (Lipinski definition) is 1. The highest BCUT2D eigenvalue weighted by atomic mass is 32.2. The molecular formula is C29H33F3N2O3S. The normalized spacial score (nSPS) is 18.9. The van der Waals surface area contributed by atoms with E-state index in [2.05, 4.69) is 9.88 Å². The van der Waals surface area contributed by atoms with Gasteiger partial charge < -0.3 is 14.7 Å². The molecule has 4 rings (SSSR count). The number of halogens is 3. The zero-order chi connectivity index (χ0) is 27.1. The minimum atomic E-state index is -1.18. The average Bonchev–Trinajstić information content (AvgIpc) is 2.91. The maximum atomic E-state index is 15.5. The first-order chi connectivity index (χ1) is 18.3. The number of nitrogens with zero attached hydrogens (tertiary/aromatic N) is 2. The van der Waals surface area contributed by atoms with Crippen LogP contribution in [0.5, 0.6) is 5.75 Å². The number of pyridine rings is 1. The van der Waals surface area contributed by atoms with Gasteiger partial charge in [-0.1, -0.05) is 0 Å². The molecule has 0 aliphatic carbocycles. The van der Waals surface area contributed by atoms with Crippen LogP contribution in [0, 0.1) is 23.5 Å². The summed E-state index contributed by atoms with van der Waals surface area (Å²) in [5.74, 6) is -0.382. The van der Waals surface area contributed by atoms with E-state index in [1.165, 1.54) is 17.8 Å². The second-order valence-electron chi connectivity index (χ2n) is 9.81. The molecule has 2 aromatic carbocycles. The van der Waals surface area contributed by atoms with Crippen molar-refractivity contribution in [3.8, 4) is 5.75 Å². The van der Waals surface area contributed by atoms with Crippen molar-refractivity contribution in [3.05, 3.63) is 65.9 Å². The van der Waals surface area contributed by atoms with Crippen LogP contribution >= 0.6 is 11.8 Å². The van der Waals surface area contributed by atoms with Crippen molar-refractivity contribution < 1.29 is 27.8 Å². The summed E-state index contributed by atoms with van der Waals surface area (Å²) in [6, 6.07) is 10.6. The highest BCUT2D eigenvalue weighted by Gasteiger charge is 2.31. The lowest BCUT2D eigenvalue weighted by atomic mass is 9.79. The van der Waals surface area contributed by atoms with Gasteiger partial charge >= 0.3 is 5.97 Å². The van der Waals surface area contributed by atoms with Crippen molar-refractivity contribution in [3.63, 3.8) is 0 Å². The lowest BCUT2D eigenvalue weighted by molar-refractivity contribution is -0.139. The number of likely N-dealkylation sites (tertiary alicyclic amines) is 1. The van der Waals surface area contributed by atoms with E-state index in [4.69, 9.17) is 4.74 Å². The van der Waals surface area contributed by atoms with Crippen LogP contribution in [0.4, 0.5) is 13.2 Å². The van der Waals surface area contributed by atoms with Gasteiger partial charge in [-0.15, -0.1) is 11.8 Å². The maximum absolute atomic E-state index is 15.5. The SMILES string of the molecule is COc1ccc2nccc([C@H](F)CC[C@@H]3CCN(CCCSc4cc(F)ccc4F)C[C@@H]3CC(=O)O)c2c1. The van der Waals surface area contributed by atoms with Crippen LogP contribution in [-0.2, 0) is 4.79 Å². The van der Waals surface area contributed by atoms with Crippen molar-refractivity contribution in [2.75, 3.05) is 32.5 Å². The highest BCUT2D eigenvalue weighted by molar-refractivity contribution is 7.99. The minimum absolute atomic E-state index is 0.0523. The molecule has 0 saturated carbocycles. The number of carbonyl (C=O) groups is 1. The number of benzene rings is 2. The fourth-order valence-corrected chi connectivity index (χ4v) is 6.21. The molecule has 0 amide bonds. The molecule has 0 spiro atoms. The topological polar surface area (TPSA) is 62.7 Å². The van der Waals surface area contributed by atoms with E-state index in [9.17, 15) is 18.7 Å². The molecule has 0 unspecified atom stereocenters. The number of hydrogen-bond acceptors (Lipinski definition) is 5. The fourth-order valence-electron chi connectivity index (χ4n) is 5.32. The summed E-state index contributed by atoms with van der Waals surface area (Å²) < 4.78 is 48.0. The van der Waals surface area contributed by atoms with Crippen LogP contribution < -0.4 is 4.74 Å². The monoisotopic (exact) mass is 546 g/mol. The Labute approximate surface area is 225 Å². The number of rotatable bonds is 12. The van der Waals surface area contributed by atoms with Gasteiger partial charge in [-0.25, -0.2) is 13.2 Å². The van der Waals surface area contributed by atoms with Crippen molar-refractivity contribution in [2.24, 2.45) is 11.8 Å². The van der Waals surface area contributed by atoms with Crippen LogP contribution in [0.2, 0.25) is 0 Å². The summed E-state index contributed by atoms with van der Waals surface area (Å²) in [4.78, 5) is 18.4. The second-order valence-corrected chi connectivity index (χ2v) is 10.9. The molecule has 38 heavy (non-hydrogen) atoms. The number of carboxylic acid groups (broad SMARTS) is 1. The standard InChI is InChI=1S/C29H33F3N2O3S/c1-37-22-5-8-27-24(17-22)23(9-11-33-27)25(31)6-3-19-10-13-34(18-20(19)15-29(35)36)12-2-14-38-28-16-21(30)4-7-26(28)32/h4-5,7-9,11,16-17,19-20,25H,2-3,6,10,12-15,18H2,1H3,(H,35,36)/t19-,20+,25-/m1/s1. The fraction of sp³-hybridized carbons (Fsp3) is 0.448. The summed E-state index contributed by atoms with van der Waals surface area (Å²) in [6.07, 6.45) is 2.98. The summed E-state index contributed by atoms with van der Waals surface area (Å²) in [6.45, 7) is 2.21. The third kappa shape index (κ3) is 7.41. The van der Waals surface area contributed by atoms with Crippen molar-refractivity contribution in [1.29, 1.82) is 0 Å². The molecule has 1 aliphatic heterocycles. The number of alkyl halides is 1. The largest absolute Gasteiger partial charge is 0.497 e. The minimum Gasteiger partial charge on any atom is -0.497 e. The molecule has 5 nitrogen and oxygen atoms in total. The number of fused-ring (bicyclic) bond motifs is 1. The molecule has 204 valence electrons. The molecule has 0 bridgehead atoms. The lowest BCUT2D eigenvalue weighted by Gasteiger charge is -2.38. The lowest BCUT2D eigenvalue weighted by Crippen LogP contribution is -2.42. The number of piperidine rings is 1. The van der Waals surface area contributed by atoms with Crippen molar-refractivity contribution in [1.82, 2.24) is 9.88 Å². The molecule has 3 atom stereocenters. The van der Waals surface area contributed by atoms with Gasteiger partial charge in [-0.2, -0.15) is 0 Å². The van der Waals surface area contributed by atoms with E-state index in [-0.39, 0.29) is 18.3 Å². The van der Waals surface area contributed by atoms with E-state index >= 15 is 4.39 Å². The Kier molecular flexibility index (Phi) is 9.91. The number of thioether (sulfide) groups is 1.